The predicted molar refractivity (Wildman–Crippen MR) is 86.2 cm³/mol. The Kier molecular flexibility index (Phi) is 5.86. The van der Waals surface area contributed by atoms with Crippen molar-refractivity contribution in [2.45, 2.75) is 44.4 Å². The monoisotopic (exact) mass is 323 g/mol. The van der Waals surface area contributed by atoms with Gasteiger partial charge in [0.25, 0.3) is 0 Å². The van der Waals surface area contributed by atoms with Crippen LogP contribution in [-0.2, 0) is 16.0 Å². The maximum atomic E-state index is 13.7. The highest BCUT2D eigenvalue weighted by Crippen LogP contribution is 2.21. The van der Waals surface area contributed by atoms with Crippen LogP contribution in [0, 0.1) is 5.82 Å². The molecule has 0 saturated carbocycles. The molecule has 4 nitrogen and oxygen atoms in total. The number of likely N-dealkylation sites (tertiary alicyclic amines) is 1. The van der Waals surface area contributed by atoms with E-state index in [-0.39, 0.29) is 5.82 Å². The quantitative estimate of drug-likeness (QED) is 0.805. The van der Waals surface area contributed by atoms with Gasteiger partial charge in [0, 0.05) is 26.2 Å². The van der Waals surface area contributed by atoms with Gasteiger partial charge in [0.15, 0.2) is 11.6 Å². The van der Waals surface area contributed by atoms with Crippen LogP contribution in [0.25, 0.3) is 0 Å². The first-order chi connectivity index (χ1) is 11.2. The minimum Gasteiger partial charge on any atom is -0.494 e. The third-order valence-electron chi connectivity index (χ3n) is 4.70. The van der Waals surface area contributed by atoms with Crippen LogP contribution in [0.15, 0.2) is 18.2 Å². The molecular formula is C18H26FNO3. The fraction of sp³-hybridized carbons (Fsp3) is 0.667. The lowest BCUT2D eigenvalue weighted by Crippen LogP contribution is -2.37. The number of benzene rings is 1. The summed E-state index contributed by atoms with van der Waals surface area (Å²) >= 11 is 0. The molecule has 0 aliphatic carbocycles. The predicted octanol–water partition coefficient (Wildman–Crippen LogP) is 2.99. The van der Waals surface area contributed by atoms with Crippen molar-refractivity contribution in [3.63, 3.8) is 0 Å². The molecule has 2 fully saturated rings. The minimum atomic E-state index is -0.292. The van der Waals surface area contributed by atoms with Crippen molar-refractivity contribution in [2.75, 3.05) is 33.4 Å². The van der Waals surface area contributed by atoms with Gasteiger partial charge >= 0.3 is 0 Å². The van der Waals surface area contributed by atoms with Gasteiger partial charge in [0.2, 0.25) is 0 Å². The molecule has 1 aromatic carbocycles. The summed E-state index contributed by atoms with van der Waals surface area (Å²) in [7, 11) is 1.49. The maximum absolute atomic E-state index is 13.7. The van der Waals surface area contributed by atoms with Crippen LogP contribution in [0.4, 0.5) is 4.39 Å². The lowest BCUT2D eigenvalue weighted by molar-refractivity contribution is -0.0426. The molecule has 0 aromatic heterocycles. The van der Waals surface area contributed by atoms with Gasteiger partial charge in [0.1, 0.15) is 0 Å². The summed E-state index contributed by atoms with van der Waals surface area (Å²) in [6.07, 6.45) is 4.99. The van der Waals surface area contributed by atoms with Crippen LogP contribution in [0.2, 0.25) is 0 Å². The molecule has 23 heavy (non-hydrogen) atoms. The number of halogens is 1. The summed E-state index contributed by atoms with van der Waals surface area (Å²) in [6, 6.07) is 5.20. The van der Waals surface area contributed by atoms with Crippen LogP contribution in [0.3, 0.4) is 0 Å². The molecule has 0 N–H and O–H groups in total. The number of piperidine rings is 1. The lowest BCUT2D eigenvalue weighted by Gasteiger charge is -2.32. The van der Waals surface area contributed by atoms with E-state index in [4.69, 9.17) is 14.2 Å². The summed E-state index contributed by atoms with van der Waals surface area (Å²) < 4.78 is 30.3. The lowest BCUT2D eigenvalue weighted by atomic mass is 10.1. The van der Waals surface area contributed by atoms with Gasteiger partial charge in [-0.1, -0.05) is 6.07 Å². The van der Waals surface area contributed by atoms with Crippen LogP contribution in [0.1, 0.15) is 31.2 Å². The topological polar surface area (TPSA) is 30.9 Å². The Morgan fingerprint density at radius 1 is 1.26 bits per heavy atom. The number of ether oxygens (including phenoxy) is 3. The zero-order valence-corrected chi connectivity index (χ0v) is 13.8. The Bertz CT molecular complexity index is 497. The van der Waals surface area contributed by atoms with Crippen molar-refractivity contribution in [1.29, 1.82) is 0 Å². The van der Waals surface area contributed by atoms with Crippen molar-refractivity contribution in [2.24, 2.45) is 0 Å². The summed E-state index contributed by atoms with van der Waals surface area (Å²) in [6.45, 7) is 4.37. The summed E-state index contributed by atoms with van der Waals surface area (Å²) in [4.78, 5) is 2.35. The minimum absolute atomic E-state index is 0.292. The molecule has 2 aliphatic rings. The number of hydrogen-bond acceptors (Lipinski definition) is 4. The fourth-order valence-corrected chi connectivity index (χ4v) is 3.32. The Morgan fingerprint density at radius 3 is 2.74 bits per heavy atom. The standard InChI is InChI=1S/C18H26FNO3/c1-21-18-5-4-14(11-17(18)19)12-20-8-6-15(7-9-20)23-13-16-3-2-10-22-16/h4-5,11,15-16H,2-3,6-10,12-13H2,1H3. The second kappa shape index (κ2) is 8.08. The largest absolute Gasteiger partial charge is 0.494 e. The van der Waals surface area contributed by atoms with E-state index in [9.17, 15) is 4.39 Å². The van der Waals surface area contributed by atoms with E-state index in [0.29, 0.717) is 18.0 Å². The van der Waals surface area contributed by atoms with E-state index in [2.05, 4.69) is 4.90 Å². The molecule has 2 heterocycles. The molecule has 0 spiro atoms. The second-order valence-corrected chi connectivity index (χ2v) is 6.41. The molecule has 0 radical (unpaired) electrons. The number of methoxy groups -OCH3 is 1. The zero-order chi connectivity index (χ0) is 16.1. The highest BCUT2D eigenvalue weighted by atomic mass is 19.1. The molecule has 1 atom stereocenters. The second-order valence-electron chi connectivity index (χ2n) is 6.41. The van der Waals surface area contributed by atoms with E-state index >= 15 is 0 Å². The van der Waals surface area contributed by atoms with Crippen LogP contribution >= 0.6 is 0 Å². The Hall–Kier alpha value is -1.17. The highest BCUT2D eigenvalue weighted by molar-refractivity contribution is 5.29. The Labute approximate surface area is 137 Å². The first kappa shape index (κ1) is 16.7. The van der Waals surface area contributed by atoms with E-state index in [1.807, 2.05) is 6.07 Å². The molecular weight excluding hydrogens is 297 g/mol. The van der Waals surface area contributed by atoms with Gasteiger partial charge in [-0.15, -0.1) is 0 Å². The van der Waals surface area contributed by atoms with Crippen molar-refractivity contribution in [3.8, 4) is 5.75 Å². The molecule has 5 heteroatoms. The van der Waals surface area contributed by atoms with Gasteiger partial charge in [0.05, 0.1) is 25.9 Å². The van der Waals surface area contributed by atoms with Gasteiger partial charge < -0.3 is 14.2 Å². The molecule has 0 bridgehead atoms. The van der Waals surface area contributed by atoms with E-state index < -0.39 is 0 Å². The molecule has 128 valence electrons. The van der Waals surface area contributed by atoms with Crippen molar-refractivity contribution in [3.05, 3.63) is 29.6 Å². The van der Waals surface area contributed by atoms with Crippen molar-refractivity contribution in [1.82, 2.24) is 4.90 Å². The van der Waals surface area contributed by atoms with Gasteiger partial charge in [-0.2, -0.15) is 0 Å². The molecule has 2 saturated heterocycles. The van der Waals surface area contributed by atoms with Crippen LogP contribution < -0.4 is 4.74 Å². The van der Waals surface area contributed by atoms with Crippen LogP contribution in [0.5, 0.6) is 5.75 Å². The van der Waals surface area contributed by atoms with Crippen molar-refractivity contribution >= 4 is 0 Å². The van der Waals surface area contributed by atoms with E-state index in [1.165, 1.54) is 7.11 Å². The molecule has 2 aliphatic heterocycles. The normalized spacial score (nSPS) is 23.3. The van der Waals surface area contributed by atoms with E-state index in [1.54, 1.807) is 12.1 Å². The van der Waals surface area contributed by atoms with E-state index in [0.717, 1.165) is 64.1 Å². The summed E-state index contributed by atoms with van der Waals surface area (Å²) in [5.41, 5.74) is 0.988. The van der Waals surface area contributed by atoms with Gasteiger partial charge in [-0.25, -0.2) is 4.39 Å². The molecule has 1 unspecified atom stereocenters. The highest BCUT2D eigenvalue weighted by Gasteiger charge is 2.22. The number of rotatable bonds is 6. The third-order valence-corrected chi connectivity index (χ3v) is 4.70. The fourth-order valence-electron chi connectivity index (χ4n) is 3.32. The number of hydrogen-bond donors (Lipinski definition) is 0. The smallest absolute Gasteiger partial charge is 0.165 e. The molecule has 1 aromatic rings. The van der Waals surface area contributed by atoms with Crippen LogP contribution in [-0.4, -0.2) is 50.5 Å². The third kappa shape index (κ3) is 4.66. The number of nitrogens with zero attached hydrogens (tertiary/aromatic N) is 1. The first-order valence-electron chi connectivity index (χ1n) is 8.52. The Morgan fingerprint density at radius 2 is 2.09 bits per heavy atom. The zero-order valence-electron chi connectivity index (χ0n) is 13.8. The SMILES string of the molecule is COc1ccc(CN2CCC(OCC3CCCO3)CC2)cc1F. The first-order valence-corrected chi connectivity index (χ1v) is 8.52. The maximum Gasteiger partial charge on any atom is 0.165 e. The van der Waals surface area contributed by atoms with Crippen molar-refractivity contribution < 1.29 is 18.6 Å². The Balaban J connectivity index is 1.41. The van der Waals surface area contributed by atoms with Gasteiger partial charge in [-0.05, 0) is 43.4 Å². The summed E-state index contributed by atoms with van der Waals surface area (Å²) in [5, 5.41) is 0. The average molecular weight is 323 g/mol. The molecule has 0 amide bonds. The average Bonchev–Trinajstić information content (AvgIpc) is 3.08. The molecule has 3 rings (SSSR count). The summed E-state index contributed by atoms with van der Waals surface area (Å²) in [5.74, 6) is 0.00905. The van der Waals surface area contributed by atoms with Gasteiger partial charge in [-0.3, -0.25) is 4.90 Å².